The highest BCUT2D eigenvalue weighted by atomic mass is 19.4. The third-order valence-electron chi connectivity index (χ3n) is 4.16. The summed E-state index contributed by atoms with van der Waals surface area (Å²) in [5.41, 5.74) is -1.64. The largest absolute Gasteiger partial charge is 0.421 e. The van der Waals surface area contributed by atoms with Crippen molar-refractivity contribution >= 4 is 17.5 Å². The summed E-state index contributed by atoms with van der Waals surface area (Å²) in [4.78, 5) is 7.66. The molecule has 2 heterocycles. The van der Waals surface area contributed by atoms with E-state index in [1.165, 1.54) is 13.1 Å². The molecule has 0 unspecified atom stereocenters. The van der Waals surface area contributed by atoms with Crippen LogP contribution >= 0.6 is 0 Å². The van der Waals surface area contributed by atoms with Crippen molar-refractivity contribution in [1.82, 2.24) is 19.7 Å². The van der Waals surface area contributed by atoms with Crippen molar-refractivity contribution in [1.29, 1.82) is 5.26 Å². The van der Waals surface area contributed by atoms with Crippen LogP contribution in [0, 0.1) is 18.3 Å². The van der Waals surface area contributed by atoms with Gasteiger partial charge in [0.2, 0.25) is 5.95 Å². The molecule has 0 aromatic carbocycles. The third kappa shape index (κ3) is 3.94. The number of aryl methyl sites for hydroxylation is 1. The van der Waals surface area contributed by atoms with Crippen molar-refractivity contribution in [2.45, 2.75) is 44.4 Å². The minimum atomic E-state index is -4.58. The van der Waals surface area contributed by atoms with Crippen LogP contribution in [0.5, 0.6) is 0 Å². The fourth-order valence-corrected chi connectivity index (χ4v) is 2.28. The SMILES string of the molecule is Cc1nn([C@@](C)(C#N)CF)cc1Nc1ncc(C(F)(F)F)c(NC2CC2)n1. The predicted octanol–water partition coefficient (Wildman–Crippen LogP) is 3.53. The molecule has 3 rings (SSSR count). The first-order valence-corrected chi connectivity index (χ1v) is 8.18. The standard InChI is InChI=1S/C16H17F4N7/c1-9-12(6-27(26-9)15(2,7-17)8-21)24-14-22-5-11(16(18,19)20)13(25-14)23-10-3-4-10/h5-6,10H,3-4,7H2,1-2H3,(H2,22,23,24,25)/t15-/m1/s1. The first kappa shape index (κ1) is 18.9. The number of hydrogen-bond acceptors (Lipinski definition) is 6. The molecular weight excluding hydrogens is 366 g/mol. The number of nitrogens with zero attached hydrogens (tertiary/aromatic N) is 5. The molecule has 1 fully saturated rings. The van der Waals surface area contributed by atoms with Crippen LogP contribution in [-0.4, -0.2) is 32.5 Å². The van der Waals surface area contributed by atoms with Crippen LogP contribution in [0.3, 0.4) is 0 Å². The van der Waals surface area contributed by atoms with Crippen molar-refractivity contribution in [2.24, 2.45) is 0 Å². The van der Waals surface area contributed by atoms with Crippen molar-refractivity contribution in [2.75, 3.05) is 17.3 Å². The Balaban J connectivity index is 1.90. The van der Waals surface area contributed by atoms with Crippen LogP contribution in [0.15, 0.2) is 12.4 Å². The highest BCUT2D eigenvalue weighted by molar-refractivity contribution is 5.58. The molecule has 2 aromatic rings. The average Bonchev–Trinajstić information content (AvgIpc) is 3.35. The number of anilines is 3. The first-order valence-electron chi connectivity index (χ1n) is 8.18. The average molecular weight is 383 g/mol. The lowest BCUT2D eigenvalue weighted by molar-refractivity contribution is -0.137. The summed E-state index contributed by atoms with van der Waals surface area (Å²) < 4.78 is 53.8. The molecule has 1 atom stereocenters. The third-order valence-corrected chi connectivity index (χ3v) is 4.16. The van der Waals surface area contributed by atoms with Crippen LogP contribution in [-0.2, 0) is 11.7 Å². The lowest BCUT2D eigenvalue weighted by atomic mass is 10.1. The summed E-state index contributed by atoms with van der Waals surface area (Å²) in [5, 5.41) is 18.8. The molecule has 1 aliphatic carbocycles. The summed E-state index contributed by atoms with van der Waals surface area (Å²) in [6.07, 6.45) is -0.905. The normalized spacial score (nSPS) is 16.5. The van der Waals surface area contributed by atoms with Crippen molar-refractivity contribution < 1.29 is 17.6 Å². The van der Waals surface area contributed by atoms with Gasteiger partial charge in [-0.3, -0.25) is 0 Å². The molecule has 0 spiro atoms. The minimum absolute atomic E-state index is 0.0285. The van der Waals surface area contributed by atoms with Crippen molar-refractivity contribution in [3.05, 3.63) is 23.7 Å². The van der Waals surface area contributed by atoms with E-state index in [2.05, 4.69) is 25.7 Å². The molecule has 27 heavy (non-hydrogen) atoms. The molecule has 0 aliphatic heterocycles. The Morgan fingerprint density at radius 2 is 2.07 bits per heavy atom. The number of nitrogens with one attached hydrogen (secondary N) is 2. The van der Waals surface area contributed by atoms with Gasteiger partial charge in [-0.15, -0.1) is 0 Å². The van der Waals surface area contributed by atoms with Crippen LogP contribution in [0.25, 0.3) is 0 Å². The second kappa shape index (κ2) is 6.68. The Labute approximate surface area is 152 Å². The fraction of sp³-hybridized carbons (Fsp3) is 0.500. The maximum absolute atomic E-state index is 13.2. The molecule has 144 valence electrons. The summed E-state index contributed by atoms with van der Waals surface area (Å²) in [6.45, 7) is 2.05. The van der Waals surface area contributed by atoms with Crippen molar-refractivity contribution in [3.63, 3.8) is 0 Å². The molecule has 7 nitrogen and oxygen atoms in total. The van der Waals surface area contributed by atoms with E-state index in [0.29, 0.717) is 17.6 Å². The monoisotopic (exact) mass is 383 g/mol. The first-order chi connectivity index (χ1) is 12.7. The van der Waals surface area contributed by atoms with E-state index in [0.717, 1.165) is 17.5 Å². The Morgan fingerprint density at radius 1 is 1.37 bits per heavy atom. The van der Waals surface area contributed by atoms with Gasteiger partial charge in [-0.25, -0.2) is 14.1 Å². The van der Waals surface area contributed by atoms with Gasteiger partial charge >= 0.3 is 6.18 Å². The topological polar surface area (TPSA) is 91.5 Å². The van der Waals surface area contributed by atoms with Crippen LogP contribution in [0.1, 0.15) is 31.0 Å². The molecule has 0 radical (unpaired) electrons. The smallest absolute Gasteiger partial charge is 0.367 e. The molecule has 2 N–H and O–H groups in total. The Morgan fingerprint density at radius 3 is 2.63 bits per heavy atom. The molecule has 1 aliphatic rings. The van der Waals surface area contributed by atoms with Crippen LogP contribution < -0.4 is 10.6 Å². The van der Waals surface area contributed by atoms with Gasteiger partial charge in [0.25, 0.3) is 0 Å². The van der Waals surface area contributed by atoms with E-state index in [-0.39, 0.29) is 17.8 Å². The maximum atomic E-state index is 13.2. The summed E-state index contributed by atoms with van der Waals surface area (Å²) in [6, 6.07) is 1.81. The van der Waals surface area contributed by atoms with Gasteiger partial charge in [0.1, 0.15) is 18.1 Å². The van der Waals surface area contributed by atoms with Crippen LogP contribution in [0.4, 0.5) is 35.0 Å². The molecule has 11 heteroatoms. The highest BCUT2D eigenvalue weighted by Gasteiger charge is 2.37. The molecule has 0 amide bonds. The van der Waals surface area contributed by atoms with Gasteiger partial charge in [-0.05, 0) is 26.7 Å². The second-order valence-corrected chi connectivity index (χ2v) is 6.59. The molecule has 2 aromatic heterocycles. The van der Waals surface area contributed by atoms with Crippen molar-refractivity contribution in [3.8, 4) is 6.07 Å². The lowest BCUT2D eigenvalue weighted by Crippen LogP contribution is -2.31. The molecule has 1 saturated carbocycles. The van der Waals surface area contributed by atoms with E-state index in [4.69, 9.17) is 5.26 Å². The van der Waals surface area contributed by atoms with Gasteiger partial charge in [-0.1, -0.05) is 0 Å². The van der Waals surface area contributed by atoms with E-state index >= 15 is 0 Å². The quantitative estimate of drug-likeness (QED) is 0.742. The number of aromatic nitrogens is 4. The van der Waals surface area contributed by atoms with Gasteiger partial charge in [0, 0.05) is 12.2 Å². The van der Waals surface area contributed by atoms with Gasteiger partial charge < -0.3 is 10.6 Å². The van der Waals surface area contributed by atoms with Gasteiger partial charge in [0.05, 0.1) is 23.6 Å². The minimum Gasteiger partial charge on any atom is -0.367 e. The predicted molar refractivity (Wildman–Crippen MR) is 89.2 cm³/mol. The molecular formula is C16H17F4N7. The summed E-state index contributed by atoms with van der Waals surface area (Å²) >= 11 is 0. The summed E-state index contributed by atoms with van der Waals surface area (Å²) in [7, 11) is 0. The van der Waals surface area contributed by atoms with Crippen LogP contribution in [0.2, 0.25) is 0 Å². The van der Waals surface area contributed by atoms with E-state index in [9.17, 15) is 17.6 Å². The van der Waals surface area contributed by atoms with E-state index in [1.54, 1.807) is 6.92 Å². The lowest BCUT2D eigenvalue weighted by Gasteiger charge is -2.17. The Kier molecular flexibility index (Phi) is 4.67. The Hall–Kier alpha value is -2.90. The number of rotatable bonds is 6. The fourth-order valence-electron chi connectivity index (χ4n) is 2.28. The molecule has 0 saturated heterocycles. The number of nitriles is 1. The zero-order valence-corrected chi connectivity index (χ0v) is 14.6. The summed E-state index contributed by atoms with van der Waals surface area (Å²) in [5.74, 6) is -0.356. The highest BCUT2D eigenvalue weighted by Crippen LogP contribution is 2.36. The van der Waals surface area contributed by atoms with E-state index < -0.39 is 24.0 Å². The maximum Gasteiger partial charge on any atom is 0.421 e. The number of hydrogen-bond donors (Lipinski definition) is 2. The number of halogens is 4. The van der Waals surface area contributed by atoms with Gasteiger partial charge in [-0.2, -0.15) is 28.5 Å². The number of alkyl halides is 4. The zero-order valence-electron chi connectivity index (χ0n) is 14.6. The van der Waals surface area contributed by atoms with Gasteiger partial charge in [0.15, 0.2) is 5.54 Å². The zero-order chi connectivity index (χ0) is 19.8. The molecule has 0 bridgehead atoms. The van der Waals surface area contributed by atoms with E-state index in [1.807, 2.05) is 6.07 Å². The second-order valence-electron chi connectivity index (χ2n) is 6.59. The Bertz CT molecular complexity index is 882.